The van der Waals surface area contributed by atoms with Crippen LogP contribution in [-0.2, 0) is 0 Å². The first kappa shape index (κ1) is 6.84. The van der Waals surface area contributed by atoms with E-state index in [0.717, 1.165) is 11.0 Å². The normalized spacial score (nSPS) is 10.3. The number of aromatic nitrogens is 3. The summed E-state index contributed by atoms with van der Waals surface area (Å²) in [5.74, 6) is 0.452. The molecule has 0 atom stereocenters. The Bertz CT molecular complexity index is 430. The second-order valence-electron chi connectivity index (χ2n) is 2.40. The molecule has 2 heterocycles. The van der Waals surface area contributed by atoms with Gasteiger partial charge in [0.05, 0.1) is 5.52 Å². The summed E-state index contributed by atoms with van der Waals surface area (Å²) in [4.78, 5) is 8.02. The minimum absolute atomic E-state index is 0.452. The Labute approximate surface area is 69.4 Å². The van der Waals surface area contributed by atoms with Gasteiger partial charge in [-0.05, 0) is 6.07 Å². The zero-order valence-corrected chi connectivity index (χ0v) is 6.44. The van der Waals surface area contributed by atoms with Crippen LogP contribution in [0.1, 0.15) is 0 Å². The van der Waals surface area contributed by atoms with Crippen LogP contribution in [0.3, 0.4) is 0 Å². The van der Waals surface area contributed by atoms with E-state index in [1.807, 2.05) is 6.07 Å². The molecular weight excluding hydrogens is 152 g/mol. The zero-order chi connectivity index (χ0) is 8.55. The number of nitrogens with zero attached hydrogens (tertiary/aromatic N) is 3. The molecule has 0 bridgehead atoms. The molecule has 0 amide bonds. The van der Waals surface area contributed by atoms with E-state index in [9.17, 15) is 0 Å². The number of fused-ring (bicyclic) bond motifs is 1. The number of rotatable bonds is 1. The van der Waals surface area contributed by atoms with Gasteiger partial charge in [0, 0.05) is 12.4 Å². The Hall–Kier alpha value is -1.84. The number of hydrogen-bond donors (Lipinski definition) is 1. The van der Waals surface area contributed by atoms with Crippen molar-refractivity contribution in [3.05, 3.63) is 25.2 Å². The van der Waals surface area contributed by atoms with Gasteiger partial charge in [0.25, 0.3) is 0 Å². The first-order valence-electron chi connectivity index (χ1n) is 3.52. The van der Waals surface area contributed by atoms with Gasteiger partial charge in [-0.15, -0.1) is 0 Å². The van der Waals surface area contributed by atoms with E-state index in [4.69, 9.17) is 5.73 Å². The van der Waals surface area contributed by atoms with Crippen molar-refractivity contribution < 1.29 is 0 Å². The van der Waals surface area contributed by atoms with Gasteiger partial charge < -0.3 is 10.3 Å². The van der Waals surface area contributed by atoms with Gasteiger partial charge in [0.1, 0.15) is 11.8 Å². The van der Waals surface area contributed by atoms with Crippen molar-refractivity contribution in [3.63, 3.8) is 0 Å². The largest absolute Gasteiger partial charge is 0.382 e. The van der Waals surface area contributed by atoms with E-state index < -0.39 is 0 Å². The van der Waals surface area contributed by atoms with Crippen molar-refractivity contribution >= 4 is 23.1 Å². The van der Waals surface area contributed by atoms with Gasteiger partial charge >= 0.3 is 0 Å². The highest BCUT2D eigenvalue weighted by Crippen LogP contribution is 2.16. The van der Waals surface area contributed by atoms with E-state index in [1.165, 1.54) is 0 Å². The fourth-order valence-corrected chi connectivity index (χ4v) is 1.13. The lowest BCUT2D eigenvalue weighted by Gasteiger charge is -1.95. The maximum absolute atomic E-state index is 5.60. The van der Waals surface area contributed by atoms with Gasteiger partial charge in [-0.1, -0.05) is 6.58 Å². The maximum Gasteiger partial charge on any atom is 0.151 e. The summed E-state index contributed by atoms with van der Waals surface area (Å²) in [7, 11) is 0. The minimum atomic E-state index is 0.452. The lowest BCUT2D eigenvalue weighted by Crippen LogP contribution is -1.90. The maximum atomic E-state index is 5.60. The molecule has 0 unspecified atom stereocenters. The average Bonchev–Trinajstić information content (AvgIpc) is 2.49. The highest BCUT2D eigenvalue weighted by atomic mass is 15.0. The van der Waals surface area contributed by atoms with Gasteiger partial charge in [0.2, 0.25) is 0 Å². The first-order valence-corrected chi connectivity index (χ1v) is 3.52. The van der Waals surface area contributed by atoms with Crippen molar-refractivity contribution in [1.82, 2.24) is 14.5 Å². The number of nitrogens with two attached hydrogens (primary N) is 1. The molecule has 4 nitrogen and oxygen atoms in total. The fraction of sp³-hybridized carbons (Fsp3) is 0. The number of anilines is 1. The quantitative estimate of drug-likeness (QED) is 0.679. The van der Waals surface area contributed by atoms with Crippen molar-refractivity contribution in [2.75, 3.05) is 5.73 Å². The highest BCUT2D eigenvalue weighted by molar-refractivity contribution is 5.85. The van der Waals surface area contributed by atoms with Crippen LogP contribution >= 0.6 is 0 Å². The lowest BCUT2D eigenvalue weighted by molar-refractivity contribution is 1.18. The van der Waals surface area contributed by atoms with Crippen LogP contribution in [0.5, 0.6) is 0 Å². The van der Waals surface area contributed by atoms with E-state index in [0.29, 0.717) is 5.82 Å². The van der Waals surface area contributed by atoms with Crippen LogP contribution < -0.4 is 5.73 Å². The third-order valence-electron chi connectivity index (χ3n) is 1.72. The van der Waals surface area contributed by atoms with Crippen LogP contribution in [0.2, 0.25) is 0 Å². The Kier molecular flexibility index (Phi) is 1.33. The highest BCUT2D eigenvalue weighted by Gasteiger charge is 2.02. The monoisotopic (exact) mass is 160 g/mol. The summed E-state index contributed by atoms with van der Waals surface area (Å²) in [5, 5.41) is 0. The predicted molar refractivity (Wildman–Crippen MR) is 48.3 cm³/mol. The fourth-order valence-electron chi connectivity index (χ4n) is 1.13. The molecule has 0 fully saturated rings. The lowest BCUT2D eigenvalue weighted by atomic mass is 10.4. The van der Waals surface area contributed by atoms with Crippen LogP contribution in [0.15, 0.2) is 25.2 Å². The molecule has 2 aromatic rings. The summed E-state index contributed by atoms with van der Waals surface area (Å²) >= 11 is 0. The van der Waals surface area contributed by atoms with E-state index in [2.05, 4.69) is 16.5 Å². The number of nitrogen functional groups attached to an aromatic ring is 1. The predicted octanol–water partition coefficient (Wildman–Crippen LogP) is 1.11. The molecule has 0 saturated heterocycles. The van der Waals surface area contributed by atoms with Gasteiger partial charge in [-0.3, -0.25) is 0 Å². The van der Waals surface area contributed by atoms with E-state index in [1.54, 1.807) is 23.3 Å². The zero-order valence-electron chi connectivity index (χ0n) is 6.44. The molecule has 0 aliphatic heterocycles. The van der Waals surface area contributed by atoms with Crippen molar-refractivity contribution in [1.29, 1.82) is 0 Å². The summed E-state index contributed by atoms with van der Waals surface area (Å²) < 4.78 is 1.80. The molecule has 0 saturated carbocycles. The minimum Gasteiger partial charge on any atom is -0.382 e. The van der Waals surface area contributed by atoms with Crippen LogP contribution in [0, 0.1) is 0 Å². The number of hydrogen-bond acceptors (Lipinski definition) is 3. The van der Waals surface area contributed by atoms with Crippen molar-refractivity contribution in [2.24, 2.45) is 0 Å². The smallest absolute Gasteiger partial charge is 0.151 e. The Balaban J connectivity index is 2.88. The molecule has 0 aliphatic carbocycles. The average molecular weight is 160 g/mol. The SMILES string of the molecule is C=Cn1cnc2c(N)nccc21. The molecule has 2 rings (SSSR count). The van der Waals surface area contributed by atoms with Gasteiger partial charge in [-0.25, -0.2) is 9.97 Å². The third-order valence-corrected chi connectivity index (χ3v) is 1.72. The van der Waals surface area contributed by atoms with Gasteiger partial charge in [0.15, 0.2) is 5.82 Å². The third kappa shape index (κ3) is 0.780. The molecule has 60 valence electrons. The standard InChI is InChI=1S/C8H8N4/c1-2-12-5-11-7-6(12)3-4-10-8(7)9/h2-5H,1H2,(H2,9,10). The van der Waals surface area contributed by atoms with Crippen LogP contribution in [0.25, 0.3) is 17.2 Å². The molecule has 0 radical (unpaired) electrons. The second-order valence-corrected chi connectivity index (χ2v) is 2.40. The number of pyridine rings is 1. The van der Waals surface area contributed by atoms with E-state index >= 15 is 0 Å². The number of imidazole rings is 1. The summed E-state index contributed by atoms with van der Waals surface area (Å²) in [6, 6.07) is 1.85. The van der Waals surface area contributed by atoms with E-state index in [-0.39, 0.29) is 0 Å². The Morgan fingerprint density at radius 2 is 2.33 bits per heavy atom. The van der Waals surface area contributed by atoms with Gasteiger partial charge in [-0.2, -0.15) is 0 Å². The second kappa shape index (κ2) is 2.34. The summed E-state index contributed by atoms with van der Waals surface area (Å²) in [5.41, 5.74) is 7.25. The summed E-state index contributed by atoms with van der Waals surface area (Å²) in [6.07, 6.45) is 4.99. The molecular formula is C8H8N4. The first-order chi connectivity index (χ1) is 5.83. The Morgan fingerprint density at radius 3 is 3.08 bits per heavy atom. The summed E-state index contributed by atoms with van der Waals surface area (Å²) in [6.45, 7) is 3.64. The topological polar surface area (TPSA) is 56.7 Å². The molecule has 2 aromatic heterocycles. The molecule has 4 heteroatoms. The van der Waals surface area contributed by atoms with Crippen molar-refractivity contribution in [3.8, 4) is 0 Å². The molecule has 2 N–H and O–H groups in total. The van der Waals surface area contributed by atoms with Crippen molar-refractivity contribution in [2.45, 2.75) is 0 Å². The molecule has 0 aliphatic rings. The molecule has 12 heavy (non-hydrogen) atoms. The molecule has 0 spiro atoms. The Morgan fingerprint density at radius 1 is 1.50 bits per heavy atom. The van der Waals surface area contributed by atoms with Crippen LogP contribution in [-0.4, -0.2) is 14.5 Å². The van der Waals surface area contributed by atoms with Crippen LogP contribution in [0.4, 0.5) is 5.82 Å². The molecule has 0 aromatic carbocycles.